The molecule has 1 aromatic heterocycles. The van der Waals surface area contributed by atoms with Gasteiger partial charge in [0.25, 0.3) is 0 Å². The third kappa shape index (κ3) is 4.56. The summed E-state index contributed by atoms with van der Waals surface area (Å²) in [6.07, 6.45) is 0.908. The van der Waals surface area contributed by atoms with E-state index in [2.05, 4.69) is 20.9 Å². The molecule has 0 atom stereocenters. The van der Waals surface area contributed by atoms with Crippen LogP contribution >= 0.6 is 11.6 Å². The van der Waals surface area contributed by atoms with Crippen molar-refractivity contribution < 1.29 is 9.15 Å². The largest absolute Gasteiger partial charge is 0.494 e. The lowest BCUT2D eigenvalue weighted by molar-refractivity contribution is 0.224. The number of fused-ring (bicyclic) bond motifs is 1. The second kappa shape index (κ2) is 8.60. The van der Waals surface area contributed by atoms with Crippen molar-refractivity contribution in [1.29, 1.82) is 5.26 Å². The van der Waals surface area contributed by atoms with Gasteiger partial charge in [-0.2, -0.15) is 5.26 Å². The number of aromatic amines is 1. The van der Waals surface area contributed by atoms with E-state index in [1.165, 1.54) is 0 Å². The summed E-state index contributed by atoms with van der Waals surface area (Å²) in [4.78, 5) is 18.8. The number of H-pyrrole nitrogens is 1. The second-order valence-electron chi connectivity index (χ2n) is 6.99. The minimum atomic E-state index is -0.470. The zero-order chi connectivity index (χ0) is 20.2. The normalized spacial score (nSPS) is 14.8. The zero-order valence-corrected chi connectivity index (χ0v) is 16.6. The summed E-state index contributed by atoms with van der Waals surface area (Å²) in [5.41, 5.74) is 2.64. The number of hydrogen-bond acceptors (Lipinski definition) is 6. The number of oxazole rings is 1. The first-order chi connectivity index (χ1) is 14.1. The SMILES string of the molecule is N#Cc1cccc(OCCCN2CCN(c3cc(Cl)cc4[nH]c(=O)oc34)CC2)c1. The Labute approximate surface area is 173 Å². The minimum absolute atomic E-state index is 0.470. The van der Waals surface area contributed by atoms with Crippen LogP contribution in [0.2, 0.25) is 5.02 Å². The summed E-state index contributed by atoms with van der Waals surface area (Å²) in [6.45, 7) is 5.03. The standard InChI is InChI=1S/C21H21ClN4O3/c22-16-12-18-20(29-21(27)24-18)19(13-16)26-8-6-25(7-9-26)5-2-10-28-17-4-1-3-15(11-17)14-23/h1,3-4,11-13H,2,5-10H2,(H,24,27). The lowest BCUT2D eigenvalue weighted by Gasteiger charge is -2.36. The van der Waals surface area contributed by atoms with Gasteiger partial charge in [-0.25, -0.2) is 4.79 Å². The number of nitriles is 1. The van der Waals surface area contributed by atoms with Crippen LogP contribution in [0.3, 0.4) is 0 Å². The fraction of sp³-hybridized carbons (Fsp3) is 0.333. The summed E-state index contributed by atoms with van der Waals surface area (Å²) in [7, 11) is 0. The van der Waals surface area contributed by atoms with Crippen LogP contribution in [0.25, 0.3) is 11.1 Å². The van der Waals surface area contributed by atoms with Crippen molar-refractivity contribution in [3.8, 4) is 11.8 Å². The molecule has 0 saturated carbocycles. The molecular weight excluding hydrogens is 392 g/mol. The first-order valence-electron chi connectivity index (χ1n) is 9.55. The van der Waals surface area contributed by atoms with Crippen molar-refractivity contribution in [3.63, 3.8) is 0 Å². The quantitative estimate of drug-likeness (QED) is 0.625. The fourth-order valence-electron chi connectivity index (χ4n) is 3.59. The summed E-state index contributed by atoms with van der Waals surface area (Å²) in [5, 5.41) is 9.51. The highest BCUT2D eigenvalue weighted by molar-refractivity contribution is 6.31. The Morgan fingerprint density at radius 1 is 1.21 bits per heavy atom. The van der Waals surface area contributed by atoms with Crippen molar-refractivity contribution in [2.24, 2.45) is 0 Å². The number of benzene rings is 2. The lowest BCUT2D eigenvalue weighted by atomic mass is 10.2. The molecule has 0 radical (unpaired) electrons. The number of rotatable bonds is 6. The molecule has 3 aromatic rings. The van der Waals surface area contributed by atoms with Crippen LogP contribution in [0.5, 0.6) is 5.75 Å². The van der Waals surface area contributed by atoms with Crippen molar-refractivity contribution in [2.75, 3.05) is 44.2 Å². The predicted molar refractivity (Wildman–Crippen MR) is 112 cm³/mol. The smallest absolute Gasteiger partial charge is 0.417 e. The van der Waals surface area contributed by atoms with Gasteiger partial charge in [-0.3, -0.25) is 9.88 Å². The van der Waals surface area contributed by atoms with Crippen molar-refractivity contribution in [1.82, 2.24) is 9.88 Å². The predicted octanol–water partition coefficient (Wildman–Crippen LogP) is 3.24. The van der Waals surface area contributed by atoms with E-state index in [1.807, 2.05) is 18.2 Å². The molecule has 2 aromatic carbocycles. The Bertz CT molecular complexity index is 1090. The summed E-state index contributed by atoms with van der Waals surface area (Å²) in [5.74, 6) is 0.259. The molecule has 0 spiro atoms. The highest BCUT2D eigenvalue weighted by Gasteiger charge is 2.21. The Morgan fingerprint density at radius 2 is 2.03 bits per heavy atom. The van der Waals surface area contributed by atoms with Crippen LogP contribution in [0.4, 0.5) is 5.69 Å². The van der Waals surface area contributed by atoms with Crippen LogP contribution in [0, 0.1) is 11.3 Å². The maximum atomic E-state index is 11.6. The van der Waals surface area contributed by atoms with Gasteiger partial charge in [0.2, 0.25) is 0 Å². The monoisotopic (exact) mass is 412 g/mol. The molecule has 0 bridgehead atoms. The number of anilines is 1. The zero-order valence-electron chi connectivity index (χ0n) is 15.9. The molecule has 4 rings (SSSR count). The van der Waals surface area contributed by atoms with Gasteiger partial charge in [-0.15, -0.1) is 0 Å². The van der Waals surface area contributed by atoms with E-state index in [9.17, 15) is 4.79 Å². The molecule has 2 heterocycles. The minimum Gasteiger partial charge on any atom is -0.494 e. The van der Waals surface area contributed by atoms with E-state index >= 15 is 0 Å². The number of nitrogens with zero attached hydrogens (tertiary/aromatic N) is 3. The Kier molecular flexibility index (Phi) is 5.74. The van der Waals surface area contributed by atoms with Crippen LogP contribution in [-0.2, 0) is 0 Å². The molecule has 0 amide bonds. The van der Waals surface area contributed by atoms with Gasteiger partial charge in [0, 0.05) is 37.7 Å². The fourth-order valence-corrected chi connectivity index (χ4v) is 3.80. The number of halogens is 1. The number of piperazine rings is 1. The van der Waals surface area contributed by atoms with Gasteiger partial charge in [-0.1, -0.05) is 17.7 Å². The van der Waals surface area contributed by atoms with E-state index in [0.717, 1.165) is 50.6 Å². The molecule has 1 fully saturated rings. The van der Waals surface area contributed by atoms with Gasteiger partial charge in [0.1, 0.15) is 5.75 Å². The number of nitrogens with one attached hydrogen (secondary N) is 1. The van der Waals surface area contributed by atoms with E-state index < -0.39 is 5.76 Å². The number of hydrogen-bond donors (Lipinski definition) is 1. The van der Waals surface area contributed by atoms with Crippen molar-refractivity contribution in [3.05, 3.63) is 57.5 Å². The number of ether oxygens (including phenoxy) is 1. The maximum Gasteiger partial charge on any atom is 0.417 e. The second-order valence-corrected chi connectivity index (χ2v) is 7.42. The van der Waals surface area contributed by atoms with Gasteiger partial charge >= 0.3 is 5.76 Å². The molecule has 1 aliphatic heterocycles. The van der Waals surface area contributed by atoms with E-state index in [-0.39, 0.29) is 0 Å². The third-order valence-electron chi connectivity index (χ3n) is 5.03. The Hall–Kier alpha value is -2.95. The summed E-state index contributed by atoms with van der Waals surface area (Å²) < 4.78 is 11.1. The van der Waals surface area contributed by atoms with Crippen LogP contribution in [0.15, 0.2) is 45.6 Å². The average molecular weight is 413 g/mol. The third-order valence-corrected chi connectivity index (χ3v) is 5.25. The highest BCUT2D eigenvalue weighted by Crippen LogP contribution is 2.30. The summed E-state index contributed by atoms with van der Waals surface area (Å²) in [6, 6.07) is 12.9. The van der Waals surface area contributed by atoms with Crippen LogP contribution < -0.4 is 15.4 Å². The molecule has 1 aliphatic rings. The molecule has 29 heavy (non-hydrogen) atoms. The molecule has 150 valence electrons. The van der Waals surface area contributed by atoms with Crippen LogP contribution in [0.1, 0.15) is 12.0 Å². The maximum absolute atomic E-state index is 11.6. The van der Waals surface area contributed by atoms with E-state index in [4.69, 9.17) is 26.0 Å². The van der Waals surface area contributed by atoms with Crippen LogP contribution in [-0.4, -0.2) is 49.2 Å². The Morgan fingerprint density at radius 3 is 2.83 bits per heavy atom. The average Bonchev–Trinajstić information content (AvgIpc) is 3.11. The molecule has 7 nitrogen and oxygen atoms in total. The summed E-state index contributed by atoms with van der Waals surface area (Å²) >= 11 is 6.20. The lowest BCUT2D eigenvalue weighted by Crippen LogP contribution is -2.46. The van der Waals surface area contributed by atoms with E-state index in [1.54, 1.807) is 18.2 Å². The molecule has 1 N–H and O–H groups in total. The van der Waals surface area contributed by atoms with Gasteiger partial charge < -0.3 is 14.1 Å². The van der Waals surface area contributed by atoms with Crippen molar-refractivity contribution in [2.45, 2.75) is 6.42 Å². The highest BCUT2D eigenvalue weighted by atomic mass is 35.5. The number of aromatic nitrogens is 1. The van der Waals surface area contributed by atoms with E-state index in [0.29, 0.717) is 28.3 Å². The first-order valence-corrected chi connectivity index (χ1v) is 9.93. The molecule has 8 heteroatoms. The molecule has 0 unspecified atom stereocenters. The topological polar surface area (TPSA) is 85.5 Å². The molecule has 0 aliphatic carbocycles. The van der Waals surface area contributed by atoms with Crippen molar-refractivity contribution >= 4 is 28.4 Å². The molecular formula is C21H21ClN4O3. The van der Waals surface area contributed by atoms with Gasteiger partial charge in [0.05, 0.1) is 29.4 Å². The van der Waals surface area contributed by atoms with Gasteiger partial charge in [-0.05, 0) is 36.8 Å². The first kappa shape index (κ1) is 19.4. The van der Waals surface area contributed by atoms with Gasteiger partial charge in [0.15, 0.2) is 5.58 Å². The Balaban J connectivity index is 1.28. The molecule has 1 saturated heterocycles.